The number of nitrogens with zero attached hydrogens (tertiary/aromatic N) is 4. The third kappa shape index (κ3) is 3.41. The first-order valence-corrected chi connectivity index (χ1v) is 8.65. The van der Waals surface area contributed by atoms with Crippen molar-refractivity contribution in [2.75, 3.05) is 13.1 Å². The lowest BCUT2D eigenvalue weighted by atomic mass is 9.94. The molecule has 0 radical (unpaired) electrons. The molecule has 0 amide bonds. The topological polar surface area (TPSA) is 88.3 Å². The third-order valence-electron chi connectivity index (χ3n) is 3.90. The smallest absolute Gasteiger partial charge is 0.243 e. The molecule has 1 atom stereocenters. The van der Waals surface area contributed by atoms with Gasteiger partial charge >= 0.3 is 0 Å². The van der Waals surface area contributed by atoms with Gasteiger partial charge in [0, 0.05) is 19.3 Å². The van der Waals surface area contributed by atoms with Crippen LogP contribution in [0.4, 0.5) is 4.39 Å². The average molecular weight is 340 g/mol. The normalized spacial score (nSPS) is 23.0. The van der Waals surface area contributed by atoms with E-state index in [1.165, 1.54) is 27.3 Å². The highest BCUT2D eigenvalue weighted by Gasteiger charge is 2.39. The van der Waals surface area contributed by atoms with Gasteiger partial charge in [-0.1, -0.05) is 5.21 Å². The van der Waals surface area contributed by atoms with Crippen LogP contribution in [0.15, 0.2) is 41.6 Å². The summed E-state index contributed by atoms with van der Waals surface area (Å²) in [5.41, 5.74) is -1.21. The van der Waals surface area contributed by atoms with Crippen molar-refractivity contribution in [2.24, 2.45) is 0 Å². The monoisotopic (exact) mass is 340 g/mol. The van der Waals surface area contributed by atoms with Gasteiger partial charge in [0.2, 0.25) is 10.0 Å². The summed E-state index contributed by atoms with van der Waals surface area (Å²) in [5, 5.41) is 18.2. The van der Waals surface area contributed by atoms with Gasteiger partial charge in [-0.05, 0) is 37.1 Å². The van der Waals surface area contributed by atoms with Gasteiger partial charge in [0.15, 0.2) is 0 Å². The Hall–Kier alpha value is -1.84. The largest absolute Gasteiger partial charge is 0.387 e. The first-order valence-electron chi connectivity index (χ1n) is 7.21. The van der Waals surface area contributed by atoms with Gasteiger partial charge in [0.05, 0.1) is 23.2 Å². The van der Waals surface area contributed by atoms with E-state index in [2.05, 4.69) is 10.3 Å². The van der Waals surface area contributed by atoms with Gasteiger partial charge in [-0.25, -0.2) is 17.5 Å². The van der Waals surface area contributed by atoms with Gasteiger partial charge in [0.1, 0.15) is 5.82 Å². The summed E-state index contributed by atoms with van der Waals surface area (Å²) in [6, 6.07) is 4.68. The molecule has 3 rings (SSSR count). The number of piperidine rings is 1. The molecule has 1 aromatic heterocycles. The summed E-state index contributed by atoms with van der Waals surface area (Å²) >= 11 is 0. The number of aliphatic hydroxyl groups is 1. The van der Waals surface area contributed by atoms with Crippen molar-refractivity contribution in [3.05, 3.63) is 42.5 Å². The second kappa shape index (κ2) is 5.99. The maximum absolute atomic E-state index is 13.0. The summed E-state index contributed by atoms with van der Waals surface area (Å²) < 4.78 is 41.0. The molecule has 9 heteroatoms. The minimum Gasteiger partial charge on any atom is -0.387 e. The predicted octanol–water partition coefficient (Wildman–Crippen LogP) is 0.633. The molecule has 1 unspecified atom stereocenters. The van der Waals surface area contributed by atoms with E-state index < -0.39 is 21.4 Å². The highest BCUT2D eigenvalue weighted by Crippen LogP contribution is 2.27. The summed E-state index contributed by atoms with van der Waals surface area (Å²) in [6.45, 7) is 0.453. The first kappa shape index (κ1) is 16.0. The molecule has 1 aromatic carbocycles. The number of benzene rings is 1. The van der Waals surface area contributed by atoms with Crippen LogP contribution in [-0.2, 0) is 16.6 Å². The minimum absolute atomic E-state index is 0.0175. The van der Waals surface area contributed by atoms with E-state index in [0.29, 0.717) is 19.4 Å². The molecular weight excluding hydrogens is 323 g/mol. The first-order chi connectivity index (χ1) is 10.9. The zero-order valence-corrected chi connectivity index (χ0v) is 13.2. The van der Waals surface area contributed by atoms with Crippen molar-refractivity contribution in [1.29, 1.82) is 0 Å². The molecule has 1 aliphatic heterocycles. The second-order valence-electron chi connectivity index (χ2n) is 5.72. The molecule has 1 saturated heterocycles. The van der Waals surface area contributed by atoms with Crippen LogP contribution in [0.1, 0.15) is 12.8 Å². The Morgan fingerprint density at radius 1 is 1.30 bits per heavy atom. The van der Waals surface area contributed by atoms with Crippen molar-refractivity contribution in [3.8, 4) is 0 Å². The van der Waals surface area contributed by atoms with Crippen LogP contribution in [-0.4, -0.2) is 51.5 Å². The fraction of sp³-hybridized carbons (Fsp3) is 0.429. The van der Waals surface area contributed by atoms with Gasteiger partial charge in [0.25, 0.3) is 0 Å². The molecule has 0 saturated carbocycles. The van der Waals surface area contributed by atoms with Crippen LogP contribution in [0, 0.1) is 5.82 Å². The van der Waals surface area contributed by atoms with E-state index in [-0.39, 0.29) is 18.0 Å². The average Bonchev–Trinajstić information content (AvgIpc) is 3.00. The third-order valence-corrected chi connectivity index (χ3v) is 5.76. The van der Waals surface area contributed by atoms with E-state index in [9.17, 15) is 17.9 Å². The molecule has 7 nitrogen and oxygen atoms in total. The maximum Gasteiger partial charge on any atom is 0.243 e. The Morgan fingerprint density at radius 3 is 2.70 bits per heavy atom. The number of aromatic nitrogens is 3. The molecule has 23 heavy (non-hydrogen) atoms. The number of halogens is 1. The molecule has 2 aromatic rings. The van der Waals surface area contributed by atoms with Crippen molar-refractivity contribution < 1.29 is 17.9 Å². The number of hydrogen-bond acceptors (Lipinski definition) is 5. The molecular formula is C14H17FN4O3S. The van der Waals surface area contributed by atoms with Crippen LogP contribution in [0.25, 0.3) is 0 Å². The fourth-order valence-electron chi connectivity index (χ4n) is 2.78. The molecule has 1 aliphatic rings. The van der Waals surface area contributed by atoms with Crippen molar-refractivity contribution in [2.45, 2.75) is 29.9 Å². The highest BCUT2D eigenvalue weighted by molar-refractivity contribution is 7.89. The van der Waals surface area contributed by atoms with E-state index in [0.717, 1.165) is 12.1 Å². The van der Waals surface area contributed by atoms with E-state index in [1.807, 2.05) is 0 Å². The van der Waals surface area contributed by atoms with E-state index >= 15 is 0 Å². The lowest BCUT2D eigenvalue weighted by Crippen LogP contribution is -2.52. The molecule has 124 valence electrons. The standard InChI is InChI=1S/C14H17FN4O3S/c15-12-2-4-13(5-3-12)23(21,22)19-8-1-6-14(20,11-19)10-18-9-7-16-17-18/h2-5,7,9,20H,1,6,8,10-11H2. The van der Waals surface area contributed by atoms with E-state index in [4.69, 9.17) is 0 Å². The lowest BCUT2D eigenvalue weighted by molar-refractivity contribution is -0.0248. The number of rotatable bonds is 4. The summed E-state index contributed by atoms with van der Waals surface area (Å²) in [4.78, 5) is 0.0175. The molecule has 0 spiro atoms. The predicted molar refractivity (Wildman–Crippen MR) is 79.4 cm³/mol. The molecule has 1 N–H and O–H groups in total. The number of sulfonamides is 1. The Labute approximate surface area is 133 Å². The molecule has 0 aliphatic carbocycles. The van der Waals surface area contributed by atoms with Crippen molar-refractivity contribution >= 4 is 10.0 Å². The zero-order chi connectivity index (χ0) is 16.5. The van der Waals surface area contributed by atoms with Crippen molar-refractivity contribution in [3.63, 3.8) is 0 Å². The van der Waals surface area contributed by atoms with Gasteiger partial charge in [-0.15, -0.1) is 5.10 Å². The Morgan fingerprint density at radius 2 is 2.04 bits per heavy atom. The molecule has 1 fully saturated rings. The number of β-amino-alcohol motifs (C(OH)–C–C–N with tert-alkyl or cyclic N) is 1. The quantitative estimate of drug-likeness (QED) is 0.882. The SMILES string of the molecule is O=S(=O)(c1ccc(F)cc1)N1CCCC(O)(Cn2ccnn2)C1. The van der Waals surface area contributed by atoms with Crippen molar-refractivity contribution in [1.82, 2.24) is 19.3 Å². The van der Waals surface area contributed by atoms with Crippen LogP contribution in [0.3, 0.4) is 0 Å². The second-order valence-corrected chi connectivity index (χ2v) is 7.66. The van der Waals surface area contributed by atoms with Gasteiger partial charge in [-0.2, -0.15) is 4.31 Å². The summed E-state index contributed by atoms with van der Waals surface area (Å²) in [7, 11) is -3.77. The lowest BCUT2D eigenvalue weighted by Gasteiger charge is -2.38. The zero-order valence-electron chi connectivity index (χ0n) is 12.3. The van der Waals surface area contributed by atoms with Crippen LogP contribution in [0.5, 0.6) is 0 Å². The maximum atomic E-state index is 13.0. The van der Waals surface area contributed by atoms with Gasteiger partial charge < -0.3 is 5.11 Å². The highest BCUT2D eigenvalue weighted by atomic mass is 32.2. The number of hydrogen-bond donors (Lipinski definition) is 1. The molecule has 2 heterocycles. The van der Waals surface area contributed by atoms with E-state index in [1.54, 1.807) is 6.20 Å². The van der Waals surface area contributed by atoms with Gasteiger partial charge in [-0.3, -0.25) is 0 Å². The Kier molecular flexibility index (Phi) is 4.17. The Balaban J connectivity index is 1.81. The summed E-state index contributed by atoms with van der Waals surface area (Å²) in [5.74, 6) is -0.495. The summed E-state index contributed by atoms with van der Waals surface area (Å²) in [6.07, 6.45) is 4.12. The minimum atomic E-state index is -3.77. The fourth-order valence-corrected chi connectivity index (χ4v) is 4.34. The van der Waals surface area contributed by atoms with Crippen LogP contribution >= 0.6 is 0 Å². The Bertz CT molecular complexity index is 764. The molecule has 0 bridgehead atoms. The van der Waals surface area contributed by atoms with Crippen LogP contribution in [0.2, 0.25) is 0 Å². The van der Waals surface area contributed by atoms with Crippen LogP contribution < -0.4 is 0 Å².